The minimum Gasteiger partial charge on any atom is -0.488 e. The van der Waals surface area contributed by atoms with E-state index in [1.807, 2.05) is 17.8 Å². The van der Waals surface area contributed by atoms with Gasteiger partial charge in [-0.05, 0) is 37.8 Å². The quantitative estimate of drug-likeness (QED) is 0.485. The lowest BCUT2D eigenvalue weighted by Gasteiger charge is -2.31. The predicted molar refractivity (Wildman–Crippen MR) is 131 cm³/mol. The minimum atomic E-state index is 0.158. The zero-order valence-corrected chi connectivity index (χ0v) is 19.4. The normalized spacial score (nSPS) is 21.1. The Bertz CT molecular complexity index is 1290. The number of aromatic nitrogens is 5. The van der Waals surface area contributed by atoms with Crippen LogP contribution in [0.5, 0.6) is 5.75 Å². The number of hydrogen-bond acceptors (Lipinski definition) is 8. The third-order valence-corrected chi connectivity index (χ3v) is 6.87. The lowest BCUT2D eigenvalue weighted by Crippen LogP contribution is -2.36. The van der Waals surface area contributed by atoms with Crippen molar-refractivity contribution in [2.45, 2.75) is 37.8 Å². The van der Waals surface area contributed by atoms with Crippen molar-refractivity contribution < 1.29 is 9.47 Å². The van der Waals surface area contributed by atoms with Gasteiger partial charge in [-0.1, -0.05) is 0 Å². The van der Waals surface area contributed by atoms with Gasteiger partial charge in [-0.3, -0.25) is 4.98 Å². The van der Waals surface area contributed by atoms with Crippen LogP contribution in [0.3, 0.4) is 0 Å². The molecule has 1 N–H and O–H groups in total. The minimum absolute atomic E-state index is 0.158. The van der Waals surface area contributed by atoms with Crippen molar-refractivity contribution in [3.05, 3.63) is 43.1 Å². The van der Waals surface area contributed by atoms with E-state index in [9.17, 15) is 0 Å². The van der Waals surface area contributed by atoms with Crippen molar-refractivity contribution in [1.82, 2.24) is 24.5 Å². The Morgan fingerprint density at radius 1 is 1.00 bits per heavy atom. The molecule has 1 saturated heterocycles. The van der Waals surface area contributed by atoms with Gasteiger partial charge in [0.25, 0.3) is 0 Å². The van der Waals surface area contributed by atoms with Crippen LogP contribution >= 0.6 is 0 Å². The molecule has 9 heteroatoms. The predicted octanol–water partition coefficient (Wildman–Crippen LogP) is 3.55. The summed E-state index contributed by atoms with van der Waals surface area (Å²) in [5.74, 6) is 1.74. The molecular formula is C25H29N7O2. The highest BCUT2D eigenvalue weighted by Gasteiger charge is 2.25. The summed E-state index contributed by atoms with van der Waals surface area (Å²) in [6.45, 7) is 3.24. The van der Waals surface area contributed by atoms with Crippen LogP contribution < -0.4 is 15.0 Å². The van der Waals surface area contributed by atoms with Gasteiger partial charge in [-0.2, -0.15) is 0 Å². The van der Waals surface area contributed by atoms with Crippen LogP contribution in [0.2, 0.25) is 0 Å². The average Bonchev–Trinajstić information content (AvgIpc) is 3.27. The SMILES string of the molecule is Cn1ccc2c(NC3CCC(Oc4cc(N5CCOCC5)cc5nccnc45)CC3)ncnc21. The summed E-state index contributed by atoms with van der Waals surface area (Å²) in [7, 11) is 2.00. The van der Waals surface area contributed by atoms with Crippen LogP contribution in [-0.4, -0.2) is 63.0 Å². The molecule has 3 aromatic heterocycles. The van der Waals surface area contributed by atoms with Gasteiger partial charge in [0, 0.05) is 56.5 Å². The summed E-state index contributed by atoms with van der Waals surface area (Å²) < 4.78 is 14.1. The molecule has 4 heterocycles. The molecule has 2 fully saturated rings. The molecule has 1 aliphatic heterocycles. The summed E-state index contributed by atoms with van der Waals surface area (Å²) in [4.78, 5) is 20.3. The molecule has 6 rings (SSSR count). The van der Waals surface area contributed by atoms with Crippen molar-refractivity contribution in [1.29, 1.82) is 0 Å². The number of anilines is 2. The lowest BCUT2D eigenvalue weighted by atomic mass is 9.93. The molecule has 0 radical (unpaired) electrons. The summed E-state index contributed by atoms with van der Waals surface area (Å²) in [6.07, 6.45) is 11.3. The number of hydrogen-bond donors (Lipinski definition) is 1. The summed E-state index contributed by atoms with van der Waals surface area (Å²) in [5, 5.41) is 4.71. The first-order valence-electron chi connectivity index (χ1n) is 12.0. The maximum atomic E-state index is 6.56. The highest BCUT2D eigenvalue weighted by atomic mass is 16.5. The second-order valence-corrected chi connectivity index (χ2v) is 9.09. The Labute approximate surface area is 198 Å². The zero-order valence-electron chi connectivity index (χ0n) is 19.4. The van der Waals surface area contributed by atoms with E-state index in [1.165, 1.54) is 0 Å². The smallest absolute Gasteiger partial charge is 0.149 e. The topological polar surface area (TPSA) is 90.2 Å². The van der Waals surface area contributed by atoms with E-state index in [1.54, 1.807) is 18.7 Å². The second kappa shape index (κ2) is 9.06. The number of benzene rings is 1. The van der Waals surface area contributed by atoms with E-state index in [2.05, 4.69) is 48.4 Å². The average molecular weight is 460 g/mol. The molecule has 0 bridgehead atoms. The van der Waals surface area contributed by atoms with Gasteiger partial charge in [-0.25, -0.2) is 15.0 Å². The number of aryl methyl sites for hydroxylation is 1. The first-order valence-corrected chi connectivity index (χ1v) is 12.0. The van der Waals surface area contributed by atoms with Crippen molar-refractivity contribution in [2.75, 3.05) is 36.5 Å². The maximum Gasteiger partial charge on any atom is 0.149 e. The molecule has 1 aromatic carbocycles. The Balaban J connectivity index is 1.16. The van der Waals surface area contributed by atoms with Crippen molar-refractivity contribution >= 4 is 33.6 Å². The zero-order chi connectivity index (χ0) is 22.9. The van der Waals surface area contributed by atoms with Gasteiger partial charge in [0.05, 0.1) is 30.2 Å². The van der Waals surface area contributed by atoms with E-state index in [-0.39, 0.29) is 6.10 Å². The monoisotopic (exact) mass is 459 g/mol. The summed E-state index contributed by atoms with van der Waals surface area (Å²) in [6, 6.07) is 6.67. The molecule has 0 atom stereocenters. The fraction of sp³-hybridized carbons (Fsp3) is 0.440. The van der Waals surface area contributed by atoms with Crippen molar-refractivity contribution in [3.63, 3.8) is 0 Å². The summed E-state index contributed by atoms with van der Waals surface area (Å²) in [5.41, 5.74) is 3.76. The fourth-order valence-electron chi connectivity index (χ4n) is 5.01. The molecule has 0 amide bonds. The largest absolute Gasteiger partial charge is 0.488 e. The van der Waals surface area contributed by atoms with Crippen LogP contribution in [0, 0.1) is 0 Å². The molecule has 2 aliphatic rings. The standard InChI is InChI=1S/C25H29N7O2/c1-31-9-6-20-24(28-16-29-25(20)31)30-17-2-4-19(5-3-17)34-22-15-18(32-10-12-33-13-11-32)14-21-23(22)27-8-7-26-21/h6-9,14-17,19H,2-5,10-13H2,1H3,(H,28,29,30). The molecule has 34 heavy (non-hydrogen) atoms. The van der Waals surface area contributed by atoms with Gasteiger partial charge >= 0.3 is 0 Å². The second-order valence-electron chi connectivity index (χ2n) is 9.09. The van der Waals surface area contributed by atoms with E-state index in [0.29, 0.717) is 6.04 Å². The van der Waals surface area contributed by atoms with Crippen molar-refractivity contribution in [3.8, 4) is 5.75 Å². The third-order valence-electron chi connectivity index (χ3n) is 6.87. The number of fused-ring (bicyclic) bond motifs is 2. The Kier molecular flexibility index (Phi) is 5.62. The van der Waals surface area contributed by atoms with Crippen LogP contribution in [0.4, 0.5) is 11.5 Å². The Morgan fingerprint density at radius 3 is 2.68 bits per heavy atom. The van der Waals surface area contributed by atoms with E-state index in [0.717, 1.165) is 91.3 Å². The fourth-order valence-corrected chi connectivity index (χ4v) is 5.01. The van der Waals surface area contributed by atoms with Gasteiger partial charge in [-0.15, -0.1) is 0 Å². The number of ether oxygens (including phenoxy) is 2. The summed E-state index contributed by atoms with van der Waals surface area (Å²) >= 11 is 0. The Morgan fingerprint density at radius 2 is 1.82 bits per heavy atom. The van der Waals surface area contributed by atoms with Crippen LogP contribution in [-0.2, 0) is 11.8 Å². The molecule has 176 valence electrons. The molecule has 9 nitrogen and oxygen atoms in total. The lowest BCUT2D eigenvalue weighted by molar-refractivity contribution is 0.122. The Hall–Kier alpha value is -3.46. The number of morpholine rings is 1. The number of rotatable bonds is 5. The maximum absolute atomic E-state index is 6.56. The van der Waals surface area contributed by atoms with Crippen LogP contribution in [0.15, 0.2) is 43.1 Å². The molecule has 0 unspecified atom stereocenters. The van der Waals surface area contributed by atoms with Gasteiger partial charge in [0.15, 0.2) is 0 Å². The van der Waals surface area contributed by atoms with E-state index >= 15 is 0 Å². The molecule has 1 aliphatic carbocycles. The van der Waals surface area contributed by atoms with Crippen LogP contribution in [0.25, 0.3) is 22.1 Å². The highest BCUT2D eigenvalue weighted by molar-refractivity contribution is 5.87. The highest BCUT2D eigenvalue weighted by Crippen LogP contribution is 2.33. The number of nitrogens with zero attached hydrogens (tertiary/aromatic N) is 6. The van der Waals surface area contributed by atoms with Gasteiger partial charge in [0.2, 0.25) is 0 Å². The third kappa shape index (κ3) is 4.11. The first-order chi connectivity index (χ1) is 16.7. The van der Waals surface area contributed by atoms with E-state index in [4.69, 9.17) is 9.47 Å². The first kappa shape index (κ1) is 21.1. The van der Waals surface area contributed by atoms with Gasteiger partial charge < -0.3 is 24.3 Å². The molecule has 1 saturated carbocycles. The molecule has 4 aromatic rings. The molecule has 0 spiro atoms. The van der Waals surface area contributed by atoms with Crippen molar-refractivity contribution in [2.24, 2.45) is 7.05 Å². The van der Waals surface area contributed by atoms with Crippen LogP contribution in [0.1, 0.15) is 25.7 Å². The van der Waals surface area contributed by atoms with E-state index < -0.39 is 0 Å². The van der Waals surface area contributed by atoms with Gasteiger partial charge in [0.1, 0.15) is 29.1 Å². The molecular weight excluding hydrogens is 430 g/mol. The number of nitrogens with one attached hydrogen (secondary N) is 1.